The summed E-state index contributed by atoms with van der Waals surface area (Å²) in [7, 11) is 6.67. The molecular formula is C23H26N4O4. The van der Waals surface area contributed by atoms with E-state index in [1.807, 2.05) is 24.3 Å². The van der Waals surface area contributed by atoms with Crippen LogP contribution in [0.15, 0.2) is 36.4 Å². The van der Waals surface area contributed by atoms with Gasteiger partial charge in [-0.25, -0.2) is 9.97 Å². The van der Waals surface area contributed by atoms with E-state index in [2.05, 4.69) is 16.8 Å². The highest BCUT2D eigenvalue weighted by molar-refractivity contribution is 6.12. The zero-order valence-corrected chi connectivity index (χ0v) is 18.2. The lowest BCUT2D eigenvalue weighted by Gasteiger charge is -2.33. The molecular weight excluding hydrogens is 396 g/mol. The molecule has 1 fully saturated rings. The normalized spacial score (nSPS) is 14.5. The van der Waals surface area contributed by atoms with Crippen LogP contribution in [0.5, 0.6) is 17.2 Å². The molecule has 0 saturated carbocycles. The van der Waals surface area contributed by atoms with Gasteiger partial charge >= 0.3 is 0 Å². The lowest BCUT2D eigenvalue weighted by molar-refractivity contribution is 0.103. The summed E-state index contributed by atoms with van der Waals surface area (Å²) in [4.78, 5) is 27.6. The quantitative estimate of drug-likeness (QED) is 0.561. The molecule has 4 rings (SSSR count). The number of carbonyl (C=O) groups excluding carboxylic acids is 1. The summed E-state index contributed by atoms with van der Waals surface area (Å²) in [5, 5.41) is 0. The van der Waals surface area contributed by atoms with E-state index >= 15 is 0 Å². The molecule has 0 amide bonds. The number of hydrogen-bond donors (Lipinski definition) is 0. The lowest BCUT2D eigenvalue weighted by atomic mass is 10.1. The Hall–Kier alpha value is -3.39. The highest BCUT2D eigenvalue weighted by Gasteiger charge is 2.26. The highest BCUT2D eigenvalue weighted by atomic mass is 16.5. The Morgan fingerprint density at radius 1 is 0.871 bits per heavy atom. The van der Waals surface area contributed by atoms with Gasteiger partial charge in [-0.15, -0.1) is 0 Å². The standard InChI is InChI=1S/C23H26N4O4/c1-26-9-11-27(12-10-26)23-20(24-16-7-5-6-8-17(16)25-23)21(28)15-13-18(29-2)22(31-4)19(14-15)30-3/h5-8,13-14H,9-12H2,1-4H3. The second-order valence-electron chi connectivity index (χ2n) is 7.42. The number of methoxy groups -OCH3 is 3. The lowest BCUT2D eigenvalue weighted by Crippen LogP contribution is -2.45. The van der Waals surface area contributed by atoms with Crippen LogP contribution >= 0.6 is 0 Å². The number of piperazine rings is 1. The monoisotopic (exact) mass is 422 g/mol. The number of fused-ring (bicyclic) bond motifs is 1. The van der Waals surface area contributed by atoms with Crippen molar-refractivity contribution < 1.29 is 19.0 Å². The van der Waals surface area contributed by atoms with E-state index < -0.39 is 0 Å². The van der Waals surface area contributed by atoms with E-state index in [1.54, 1.807) is 12.1 Å². The first-order valence-electron chi connectivity index (χ1n) is 10.1. The Labute approximate surface area is 181 Å². The number of nitrogens with zero attached hydrogens (tertiary/aromatic N) is 4. The van der Waals surface area contributed by atoms with Crippen molar-refractivity contribution in [2.45, 2.75) is 0 Å². The molecule has 162 valence electrons. The Bertz CT molecular complexity index is 1080. The molecule has 2 heterocycles. The molecule has 0 atom stereocenters. The summed E-state index contributed by atoms with van der Waals surface area (Å²) in [6.07, 6.45) is 0. The second kappa shape index (κ2) is 8.77. The summed E-state index contributed by atoms with van der Waals surface area (Å²) >= 11 is 0. The van der Waals surface area contributed by atoms with Gasteiger partial charge in [0.25, 0.3) is 0 Å². The Morgan fingerprint density at radius 3 is 2.00 bits per heavy atom. The van der Waals surface area contributed by atoms with Crippen molar-refractivity contribution in [2.24, 2.45) is 0 Å². The molecule has 0 N–H and O–H groups in total. The van der Waals surface area contributed by atoms with Gasteiger partial charge in [-0.05, 0) is 31.3 Å². The smallest absolute Gasteiger partial charge is 0.215 e. The summed E-state index contributed by atoms with van der Waals surface area (Å²) in [5.74, 6) is 1.63. The molecule has 3 aromatic rings. The van der Waals surface area contributed by atoms with E-state index in [-0.39, 0.29) is 5.78 Å². The fraction of sp³-hybridized carbons (Fsp3) is 0.348. The SMILES string of the molecule is COc1cc(C(=O)c2nc3ccccc3nc2N2CCN(C)CC2)cc(OC)c1OC. The molecule has 0 aliphatic carbocycles. The van der Waals surface area contributed by atoms with Gasteiger partial charge in [0.05, 0.1) is 32.4 Å². The maximum absolute atomic E-state index is 13.7. The van der Waals surface area contributed by atoms with E-state index in [1.165, 1.54) is 21.3 Å². The molecule has 1 aliphatic rings. The van der Waals surface area contributed by atoms with Crippen LogP contribution in [0.4, 0.5) is 5.82 Å². The third kappa shape index (κ3) is 3.98. The van der Waals surface area contributed by atoms with Crippen LogP contribution < -0.4 is 19.1 Å². The fourth-order valence-corrected chi connectivity index (χ4v) is 3.73. The molecule has 8 heteroatoms. The maximum Gasteiger partial charge on any atom is 0.215 e. The number of likely N-dealkylation sites (N-methyl/N-ethyl adjacent to an activating group) is 1. The number of carbonyl (C=O) groups is 1. The number of aromatic nitrogens is 2. The van der Waals surface area contributed by atoms with Gasteiger partial charge in [0.1, 0.15) is 0 Å². The van der Waals surface area contributed by atoms with Gasteiger partial charge in [0.2, 0.25) is 11.5 Å². The number of anilines is 1. The average Bonchev–Trinajstić information content (AvgIpc) is 2.82. The first kappa shape index (κ1) is 20.9. The van der Waals surface area contributed by atoms with Crippen LogP contribution in [-0.4, -0.2) is 75.2 Å². The van der Waals surface area contributed by atoms with Gasteiger partial charge < -0.3 is 24.0 Å². The zero-order valence-electron chi connectivity index (χ0n) is 18.2. The Morgan fingerprint density at radius 2 is 1.45 bits per heavy atom. The molecule has 2 aromatic carbocycles. The number of hydrogen-bond acceptors (Lipinski definition) is 8. The zero-order chi connectivity index (χ0) is 22.0. The average molecular weight is 422 g/mol. The Kier molecular flexibility index (Phi) is 5.90. The largest absolute Gasteiger partial charge is 0.493 e. The first-order chi connectivity index (χ1) is 15.0. The first-order valence-corrected chi connectivity index (χ1v) is 10.1. The van der Waals surface area contributed by atoms with Crippen molar-refractivity contribution in [1.82, 2.24) is 14.9 Å². The number of rotatable bonds is 6. The van der Waals surface area contributed by atoms with Crippen molar-refractivity contribution in [3.8, 4) is 17.2 Å². The minimum Gasteiger partial charge on any atom is -0.493 e. The molecule has 1 aliphatic heterocycles. The molecule has 1 aromatic heterocycles. The van der Waals surface area contributed by atoms with Crippen LogP contribution in [0.25, 0.3) is 11.0 Å². The van der Waals surface area contributed by atoms with Gasteiger partial charge in [0, 0.05) is 31.7 Å². The molecule has 31 heavy (non-hydrogen) atoms. The van der Waals surface area contributed by atoms with Crippen LogP contribution in [0.1, 0.15) is 16.1 Å². The van der Waals surface area contributed by atoms with Gasteiger partial charge in [0.15, 0.2) is 23.0 Å². The summed E-state index contributed by atoms with van der Waals surface area (Å²) in [6, 6.07) is 10.9. The fourth-order valence-electron chi connectivity index (χ4n) is 3.73. The third-order valence-electron chi connectivity index (χ3n) is 5.50. The van der Waals surface area contributed by atoms with Gasteiger partial charge in [-0.1, -0.05) is 12.1 Å². The van der Waals surface area contributed by atoms with Crippen LogP contribution in [-0.2, 0) is 0 Å². The van der Waals surface area contributed by atoms with Crippen molar-refractivity contribution in [3.63, 3.8) is 0 Å². The van der Waals surface area contributed by atoms with Crippen molar-refractivity contribution >= 4 is 22.6 Å². The molecule has 8 nitrogen and oxygen atoms in total. The van der Waals surface area contributed by atoms with E-state index in [0.29, 0.717) is 39.8 Å². The number of ether oxygens (including phenoxy) is 3. The van der Waals surface area contributed by atoms with Crippen LogP contribution in [0.2, 0.25) is 0 Å². The van der Waals surface area contributed by atoms with E-state index in [0.717, 1.165) is 31.7 Å². The van der Waals surface area contributed by atoms with Crippen LogP contribution in [0, 0.1) is 0 Å². The number of benzene rings is 2. The van der Waals surface area contributed by atoms with Gasteiger partial charge in [-0.2, -0.15) is 0 Å². The van der Waals surface area contributed by atoms with E-state index in [4.69, 9.17) is 24.2 Å². The van der Waals surface area contributed by atoms with E-state index in [9.17, 15) is 4.79 Å². The predicted octanol–water partition coefficient (Wildman–Crippen LogP) is 2.64. The number of para-hydroxylation sites is 2. The van der Waals surface area contributed by atoms with Crippen molar-refractivity contribution in [1.29, 1.82) is 0 Å². The maximum atomic E-state index is 13.7. The topological polar surface area (TPSA) is 77.0 Å². The predicted molar refractivity (Wildman–Crippen MR) is 119 cm³/mol. The van der Waals surface area contributed by atoms with Gasteiger partial charge in [-0.3, -0.25) is 4.79 Å². The third-order valence-corrected chi connectivity index (χ3v) is 5.50. The minimum absolute atomic E-state index is 0.244. The summed E-state index contributed by atoms with van der Waals surface area (Å²) < 4.78 is 16.2. The number of ketones is 1. The Balaban J connectivity index is 1.84. The molecule has 1 saturated heterocycles. The summed E-state index contributed by atoms with van der Waals surface area (Å²) in [5.41, 5.74) is 2.15. The molecule has 0 radical (unpaired) electrons. The van der Waals surface area contributed by atoms with Crippen LogP contribution in [0.3, 0.4) is 0 Å². The minimum atomic E-state index is -0.244. The molecule has 0 bridgehead atoms. The van der Waals surface area contributed by atoms with Crippen molar-refractivity contribution in [3.05, 3.63) is 47.7 Å². The summed E-state index contributed by atoms with van der Waals surface area (Å²) in [6.45, 7) is 3.34. The second-order valence-corrected chi connectivity index (χ2v) is 7.42. The highest BCUT2D eigenvalue weighted by Crippen LogP contribution is 2.39. The molecule has 0 spiro atoms. The van der Waals surface area contributed by atoms with Crippen molar-refractivity contribution in [2.75, 3.05) is 59.5 Å². The molecule has 0 unspecified atom stereocenters.